The van der Waals surface area contributed by atoms with E-state index in [9.17, 15) is 18.9 Å². The maximum absolute atomic E-state index is 12.7. The van der Waals surface area contributed by atoms with Crippen LogP contribution in [-0.2, 0) is 0 Å². The number of benzene rings is 1. The van der Waals surface area contributed by atoms with E-state index in [1.54, 1.807) is 0 Å². The van der Waals surface area contributed by atoms with Gasteiger partial charge >= 0.3 is 6.61 Å². The topological polar surface area (TPSA) is 62.1 Å². The number of ether oxygens (including phenoxy) is 1. The van der Waals surface area contributed by atoms with Crippen LogP contribution in [0.5, 0.6) is 5.75 Å². The Morgan fingerprint density at radius 3 is 2.38 bits per heavy atom. The van der Waals surface area contributed by atoms with E-state index >= 15 is 0 Å². The van der Waals surface area contributed by atoms with Gasteiger partial charge < -0.3 is 14.5 Å². The van der Waals surface area contributed by atoms with E-state index in [0.29, 0.717) is 24.8 Å². The van der Waals surface area contributed by atoms with Gasteiger partial charge in [0.25, 0.3) is 5.69 Å². The lowest BCUT2D eigenvalue weighted by Gasteiger charge is -2.42. The SMILES string of the molecule is CN1CCN(C2CCN(c3ccc([N+](=O)[O-])cc3OC(F)F)CC2)CC1. The minimum atomic E-state index is -3.02. The van der Waals surface area contributed by atoms with Gasteiger partial charge in [-0.3, -0.25) is 15.0 Å². The number of piperidine rings is 1. The van der Waals surface area contributed by atoms with Gasteiger partial charge in [0, 0.05) is 51.4 Å². The molecule has 2 saturated heterocycles. The van der Waals surface area contributed by atoms with E-state index in [0.717, 1.165) is 45.1 Å². The summed E-state index contributed by atoms with van der Waals surface area (Å²) in [6.45, 7) is 2.66. The predicted octanol–water partition coefficient (Wildman–Crippen LogP) is 2.41. The second-order valence-corrected chi connectivity index (χ2v) is 6.85. The Bertz CT molecular complexity index is 630. The molecule has 3 rings (SSSR count). The lowest BCUT2D eigenvalue weighted by atomic mass is 10.0. The van der Waals surface area contributed by atoms with Crippen molar-refractivity contribution in [3.05, 3.63) is 28.3 Å². The molecule has 144 valence electrons. The number of hydrogen-bond acceptors (Lipinski definition) is 6. The summed E-state index contributed by atoms with van der Waals surface area (Å²) in [6, 6.07) is 4.41. The van der Waals surface area contributed by atoms with E-state index in [1.807, 2.05) is 4.90 Å². The molecule has 0 N–H and O–H groups in total. The molecule has 2 aliphatic heterocycles. The minimum absolute atomic E-state index is 0.132. The van der Waals surface area contributed by atoms with Crippen LogP contribution in [0.25, 0.3) is 0 Å². The Morgan fingerprint density at radius 1 is 1.15 bits per heavy atom. The third-order valence-corrected chi connectivity index (χ3v) is 5.23. The first-order valence-electron chi connectivity index (χ1n) is 8.85. The lowest BCUT2D eigenvalue weighted by Crippen LogP contribution is -2.52. The Kier molecular flexibility index (Phi) is 5.87. The smallest absolute Gasteiger partial charge is 0.387 e. The molecule has 2 heterocycles. The van der Waals surface area contributed by atoms with Gasteiger partial charge in [0.2, 0.25) is 0 Å². The van der Waals surface area contributed by atoms with Crippen molar-refractivity contribution in [1.82, 2.24) is 9.80 Å². The van der Waals surface area contributed by atoms with E-state index in [2.05, 4.69) is 21.6 Å². The van der Waals surface area contributed by atoms with Crippen LogP contribution >= 0.6 is 0 Å². The third kappa shape index (κ3) is 4.39. The average Bonchev–Trinajstić information content (AvgIpc) is 2.62. The first-order chi connectivity index (χ1) is 12.4. The van der Waals surface area contributed by atoms with Gasteiger partial charge in [-0.15, -0.1) is 0 Å². The summed E-state index contributed by atoms with van der Waals surface area (Å²) < 4.78 is 30.0. The fourth-order valence-corrected chi connectivity index (χ4v) is 3.73. The molecule has 0 radical (unpaired) electrons. The van der Waals surface area contributed by atoms with Crippen LogP contribution in [0.4, 0.5) is 20.2 Å². The minimum Gasteiger partial charge on any atom is -0.432 e. The molecule has 1 aromatic carbocycles. The zero-order valence-corrected chi connectivity index (χ0v) is 14.8. The van der Waals surface area contributed by atoms with Crippen molar-refractivity contribution in [3.63, 3.8) is 0 Å². The molecule has 7 nitrogen and oxygen atoms in total. The van der Waals surface area contributed by atoms with Gasteiger partial charge in [-0.05, 0) is 26.0 Å². The standard InChI is InChI=1S/C17H24F2N4O3/c1-20-8-10-21(11-9-20)13-4-6-22(7-5-13)15-3-2-14(23(24)25)12-16(15)26-17(18)19/h2-3,12-13,17H,4-11H2,1H3. The molecule has 0 aliphatic carbocycles. The number of halogens is 2. The molecule has 0 bridgehead atoms. The van der Waals surface area contributed by atoms with Gasteiger partial charge in [-0.1, -0.05) is 0 Å². The first-order valence-corrected chi connectivity index (χ1v) is 8.85. The van der Waals surface area contributed by atoms with Crippen molar-refractivity contribution < 1.29 is 18.4 Å². The van der Waals surface area contributed by atoms with Crippen LogP contribution < -0.4 is 9.64 Å². The molecule has 1 aromatic rings. The maximum Gasteiger partial charge on any atom is 0.387 e. The molecular formula is C17H24F2N4O3. The number of piperazine rings is 1. The van der Waals surface area contributed by atoms with Gasteiger partial charge in [0.1, 0.15) is 0 Å². The maximum atomic E-state index is 12.7. The van der Waals surface area contributed by atoms with Crippen LogP contribution in [0, 0.1) is 10.1 Å². The zero-order chi connectivity index (χ0) is 18.7. The van der Waals surface area contributed by atoms with E-state index in [-0.39, 0.29) is 11.4 Å². The normalized spacial score (nSPS) is 20.5. The van der Waals surface area contributed by atoms with Crippen LogP contribution in [0.15, 0.2) is 18.2 Å². The van der Waals surface area contributed by atoms with Crippen molar-refractivity contribution in [2.24, 2.45) is 0 Å². The largest absolute Gasteiger partial charge is 0.432 e. The summed E-state index contributed by atoms with van der Waals surface area (Å²) in [5, 5.41) is 10.9. The van der Waals surface area contributed by atoms with Gasteiger partial charge in [-0.25, -0.2) is 0 Å². The van der Waals surface area contributed by atoms with E-state index in [4.69, 9.17) is 0 Å². The number of nitrogens with zero attached hydrogens (tertiary/aromatic N) is 4. The highest BCUT2D eigenvalue weighted by molar-refractivity contribution is 5.62. The molecule has 0 spiro atoms. The highest BCUT2D eigenvalue weighted by atomic mass is 19.3. The number of anilines is 1. The van der Waals surface area contributed by atoms with Crippen molar-refractivity contribution >= 4 is 11.4 Å². The molecule has 0 amide bonds. The first kappa shape index (κ1) is 18.8. The van der Waals surface area contributed by atoms with E-state index < -0.39 is 11.5 Å². The predicted molar refractivity (Wildman–Crippen MR) is 94.0 cm³/mol. The number of non-ortho nitro benzene ring substituents is 1. The Balaban J connectivity index is 1.67. The highest BCUT2D eigenvalue weighted by Crippen LogP contribution is 2.35. The molecule has 2 fully saturated rings. The molecule has 2 aliphatic rings. The summed E-state index contributed by atoms with van der Waals surface area (Å²) in [4.78, 5) is 17.1. The molecule has 0 aromatic heterocycles. The summed E-state index contributed by atoms with van der Waals surface area (Å²) in [7, 11) is 2.12. The molecule has 0 saturated carbocycles. The number of likely N-dealkylation sites (N-methyl/N-ethyl adjacent to an activating group) is 1. The van der Waals surface area contributed by atoms with Crippen molar-refractivity contribution in [2.45, 2.75) is 25.5 Å². The van der Waals surface area contributed by atoms with Crippen molar-refractivity contribution in [2.75, 3.05) is 51.2 Å². The van der Waals surface area contributed by atoms with E-state index in [1.165, 1.54) is 12.1 Å². The summed E-state index contributed by atoms with van der Waals surface area (Å²) in [5.74, 6) is -0.132. The zero-order valence-electron chi connectivity index (χ0n) is 14.8. The number of alkyl halides is 2. The Morgan fingerprint density at radius 2 is 1.81 bits per heavy atom. The van der Waals surface area contributed by atoms with Gasteiger partial charge in [0.05, 0.1) is 16.7 Å². The molecule has 9 heteroatoms. The summed E-state index contributed by atoms with van der Waals surface area (Å²) in [6.07, 6.45) is 1.88. The third-order valence-electron chi connectivity index (χ3n) is 5.23. The quantitative estimate of drug-likeness (QED) is 0.586. The Labute approximate surface area is 151 Å². The summed E-state index contributed by atoms with van der Waals surface area (Å²) >= 11 is 0. The molecule has 0 atom stereocenters. The number of nitro groups is 1. The number of nitro benzene ring substituents is 1. The van der Waals surface area contributed by atoms with Gasteiger partial charge in [0.15, 0.2) is 5.75 Å². The Hall–Kier alpha value is -2.00. The molecule has 26 heavy (non-hydrogen) atoms. The second-order valence-electron chi connectivity index (χ2n) is 6.85. The number of rotatable bonds is 5. The van der Waals surface area contributed by atoms with Crippen LogP contribution in [0.2, 0.25) is 0 Å². The van der Waals surface area contributed by atoms with Crippen molar-refractivity contribution in [3.8, 4) is 5.75 Å². The second kappa shape index (κ2) is 8.13. The van der Waals surface area contributed by atoms with Crippen LogP contribution in [-0.4, -0.2) is 73.7 Å². The summed E-state index contributed by atoms with van der Waals surface area (Å²) in [5.41, 5.74) is 0.240. The van der Waals surface area contributed by atoms with Gasteiger partial charge in [-0.2, -0.15) is 8.78 Å². The molecule has 0 unspecified atom stereocenters. The van der Waals surface area contributed by atoms with Crippen molar-refractivity contribution in [1.29, 1.82) is 0 Å². The monoisotopic (exact) mass is 370 g/mol. The van der Waals surface area contributed by atoms with Crippen LogP contribution in [0.1, 0.15) is 12.8 Å². The fraction of sp³-hybridized carbons (Fsp3) is 0.647. The highest BCUT2D eigenvalue weighted by Gasteiger charge is 2.28. The average molecular weight is 370 g/mol. The lowest BCUT2D eigenvalue weighted by molar-refractivity contribution is -0.385. The van der Waals surface area contributed by atoms with Crippen LogP contribution in [0.3, 0.4) is 0 Å². The number of hydrogen-bond donors (Lipinski definition) is 0. The molecular weight excluding hydrogens is 346 g/mol. The fourth-order valence-electron chi connectivity index (χ4n) is 3.73.